The number of amides is 1. The highest BCUT2D eigenvalue weighted by atomic mass is 16.7. The highest BCUT2D eigenvalue weighted by molar-refractivity contribution is 5.93. The van der Waals surface area contributed by atoms with Gasteiger partial charge in [0.1, 0.15) is 5.75 Å². The van der Waals surface area contributed by atoms with Crippen molar-refractivity contribution >= 4 is 5.91 Å². The summed E-state index contributed by atoms with van der Waals surface area (Å²) in [5, 5.41) is 11.6. The van der Waals surface area contributed by atoms with Gasteiger partial charge in [-0.05, 0) is 75.0 Å². The van der Waals surface area contributed by atoms with Crippen molar-refractivity contribution in [3.05, 3.63) is 41.0 Å². The predicted molar refractivity (Wildman–Crippen MR) is 143 cm³/mol. The third-order valence-corrected chi connectivity index (χ3v) is 7.03. The summed E-state index contributed by atoms with van der Waals surface area (Å²) in [6.45, 7) is 6.02. The second-order valence-electron chi connectivity index (χ2n) is 9.93. The zero-order chi connectivity index (χ0) is 25.3. The Bertz CT molecular complexity index is 761. The molecule has 0 heterocycles. The summed E-state index contributed by atoms with van der Waals surface area (Å²) in [4.78, 5) is 18.2. The molecule has 1 atom stereocenters. The lowest BCUT2D eigenvalue weighted by Crippen LogP contribution is -2.30. The molecular formula is C30H49NO4. The van der Waals surface area contributed by atoms with E-state index >= 15 is 0 Å². The highest BCUT2D eigenvalue weighted by Gasteiger charge is 2.26. The molecule has 1 unspecified atom stereocenters. The van der Waals surface area contributed by atoms with Crippen molar-refractivity contribution in [1.82, 2.24) is 5.06 Å². The van der Waals surface area contributed by atoms with Crippen LogP contribution < -0.4 is 0 Å². The molecule has 198 valence electrons. The van der Waals surface area contributed by atoms with E-state index in [0.717, 1.165) is 56.1 Å². The maximum absolute atomic E-state index is 12.5. The van der Waals surface area contributed by atoms with Crippen LogP contribution >= 0.6 is 0 Å². The van der Waals surface area contributed by atoms with Gasteiger partial charge < -0.3 is 9.84 Å². The van der Waals surface area contributed by atoms with Crippen LogP contribution in [0.25, 0.3) is 0 Å². The van der Waals surface area contributed by atoms with Crippen LogP contribution in [0.1, 0.15) is 108 Å². The lowest BCUT2D eigenvalue weighted by Gasteiger charge is -2.20. The molecule has 1 aromatic rings. The van der Waals surface area contributed by atoms with Crippen molar-refractivity contribution in [2.75, 3.05) is 20.3 Å². The van der Waals surface area contributed by atoms with Crippen LogP contribution in [0.2, 0.25) is 0 Å². The minimum atomic E-state index is 0.00620. The first kappa shape index (κ1) is 29.4. The summed E-state index contributed by atoms with van der Waals surface area (Å²) in [6, 6.07) is 5.92. The van der Waals surface area contributed by atoms with Crippen LogP contribution in [-0.4, -0.2) is 36.3 Å². The number of carbonyl (C=O) groups excluding carboxylic acids is 1. The van der Waals surface area contributed by atoms with Crippen LogP contribution in [0, 0.1) is 5.92 Å². The Hall–Kier alpha value is -1.85. The minimum Gasteiger partial charge on any atom is -0.508 e. The normalized spacial score (nSPS) is 15.4. The molecule has 0 fully saturated rings. The number of hydroxylamine groups is 2. The van der Waals surface area contributed by atoms with Gasteiger partial charge in [-0.3, -0.25) is 9.63 Å². The van der Waals surface area contributed by atoms with Gasteiger partial charge in [-0.2, -0.15) is 0 Å². The number of likely N-dealkylation sites (N-methyl/N-ethyl adjacent to an activating group) is 1. The lowest BCUT2D eigenvalue weighted by molar-refractivity contribution is -0.174. The van der Waals surface area contributed by atoms with E-state index < -0.39 is 0 Å². The molecule has 5 nitrogen and oxygen atoms in total. The fourth-order valence-electron chi connectivity index (χ4n) is 4.75. The van der Waals surface area contributed by atoms with Crippen molar-refractivity contribution in [1.29, 1.82) is 0 Å². The number of hydrogen-bond donors (Lipinski definition) is 1. The third kappa shape index (κ3) is 11.2. The van der Waals surface area contributed by atoms with E-state index in [2.05, 4.69) is 26.0 Å². The van der Waals surface area contributed by atoms with Crippen LogP contribution in [0.4, 0.5) is 0 Å². The van der Waals surface area contributed by atoms with Gasteiger partial charge in [0.05, 0.1) is 13.2 Å². The van der Waals surface area contributed by atoms with Crippen molar-refractivity contribution < 1.29 is 19.5 Å². The lowest BCUT2D eigenvalue weighted by atomic mass is 9.98. The highest BCUT2D eigenvalue weighted by Crippen LogP contribution is 2.29. The minimum absolute atomic E-state index is 0.00620. The Kier molecular flexibility index (Phi) is 14.7. The van der Waals surface area contributed by atoms with Gasteiger partial charge in [0.25, 0.3) is 5.91 Å². The summed E-state index contributed by atoms with van der Waals surface area (Å²) in [7, 11) is 1.71. The molecule has 1 aromatic carbocycles. The smallest absolute Gasteiger partial charge is 0.273 e. The molecule has 5 heteroatoms. The second-order valence-corrected chi connectivity index (χ2v) is 9.93. The molecule has 1 aliphatic rings. The molecule has 1 N–H and O–H groups in total. The largest absolute Gasteiger partial charge is 0.508 e. The summed E-state index contributed by atoms with van der Waals surface area (Å²) in [5.74, 6) is 0.704. The molecular weight excluding hydrogens is 438 g/mol. The number of hydrogen-bond acceptors (Lipinski definition) is 4. The van der Waals surface area contributed by atoms with Gasteiger partial charge in [0, 0.05) is 24.8 Å². The monoisotopic (exact) mass is 487 g/mol. The van der Waals surface area contributed by atoms with Crippen LogP contribution in [-0.2, 0) is 27.4 Å². The number of aryl methyl sites for hydroxylation is 1. The molecule has 0 saturated carbocycles. The van der Waals surface area contributed by atoms with Crippen LogP contribution in [0.15, 0.2) is 29.8 Å². The zero-order valence-corrected chi connectivity index (χ0v) is 22.5. The summed E-state index contributed by atoms with van der Waals surface area (Å²) in [5.41, 5.74) is 3.07. The zero-order valence-electron chi connectivity index (χ0n) is 22.5. The summed E-state index contributed by atoms with van der Waals surface area (Å²) in [6.07, 6.45) is 18.2. The van der Waals surface area contributed by atoms with E-state index in [1.165, 1.54) is 55.6 Å². The average molecular weight is 488 g/mol. The maximum atomic E-state index is 12.5. The number of carbonyl (C=O) groups is 1. The van der Waals surface area contributed by atoms with E-state index in [9.17, 15) is 9.90 Å². The Labute approximate surface area is 213 Å². The molecule has 0 aromatic heterocycles. The molecule has 1 aliphatic carbocycles. The van der Waals surface area contributed by atoms with Crippen molar-refractivity contribution in [3.8, 4) is 5.75 Å². The molecule has 1 amide bonds. The molecule has 0 aliphatic heterocycles. The van der Waals surface area contributed by atoms with Gasteiger partial charge in [-0.1, -0.05) is 64.5 Å². The van der Waals surface area contributed by atoms with E-state index in [-0.39, 0.29) is 5.91 Å². The molecule has 0 radical (unpaired) electrons. The Morgan fingerprint density at radius 2 is 1.71 bits per heavy atom. The number of phenolic OH excluding ortho intramolecular Hbond substituents is 1. The van der Waals surface area contributed by atoms with E-state index in [1.54, 1.807) is 13.1 Å². The fourth-order valence-corrected chi connectivity index (χ4v) is 4.75. The number of ether oxygens (including phenoxy) is 1. The van der Waals surface area contributed by atoms with Gasteiger partial charge >= 0.3 is 0 Å². The van der Waals surface area contributed by atoms with Crippen LogP contribution in [0.3, 0.4) is 0 Å². The first-order valence-corrected chi connectivity index (χ1v) is 14.1. The number of benzene rings is 1. The first-order chi connectivity index (χ1) is 17.1. The van der Waals surface area contributed by atoms with Crippen molar-refractivity contribution in [2.45, 2.75) is 110 Å². The van der Waals surface area contributed by atoms with Crippen LogP contribution in [0.5, 0.6) is 5.75 Å². The summed E-state index contributed by atoms with van der Waals surface area (Å²) >= 11 is 0. The van der Waals surface area contributed by atoms with Crippen molar-refractivity contribution in [3.63, 3.8) is 0 Å². The third-order valence-electron chi connectivity index (χ3n) is 7.03. The number of aromatic hydroxyl groups is 1. The van der Waals surface area contributed by atoms with Gasteiger partial charge in [0.15, 0.2) is 0 Å². The number of phenols is 1. The predicted octanol–water partition coefficient (Wildman–Crippen LogP) is 7.51. The first-order valence-electron chi connectivity index (χ1n) is 14.1. The van der Waals surface area contributed by atoms with E-state index in [1.807, 2.05) is 6.07 Å². The number of nitrogens with zero attached hydrogens (tertiary/aromatic N) is 1. The number of rotatable bonds is 19. The second kappa shape index (κ2) is 17.6. The van der Waals surface area contributed by atoms with E-state index in [0.29, 0.717) is 31.5 Å². The molecule has 2 rings (SSSR count). The standard InChI is InChI=1S/C30H49NO4/c1-4-6-7-8-9-10-12-16-25-19-20-29(32)27(23-25)24-34-21-13-11-14-22-35-31(3)30(33)28-18-15-17-26(28)5-2/h18-20,23,26,32H,4-17,21-22,24H2,1-3H3. The van der Waals surface area contributed by atoms with Gasteiger partial charge in [-0.15, -0.1) is 0 Å². The Balaban J connectivity index is 1.54. The Morgan fingerprint density at radius 1 is 1.00 bits per heavy atom. The molecule has 0 saturated heterocycles. The average Bonchev–Trinajstić information content (AvgIpc) is 3.35. The molecule has 0 spiro atoms. The SMILES string of the molecule is CCCCCCCCCc1ccc(O)c(COCCCCCON(C)C(=O)C2=CCCC2CC)c1. The van der Waals surface area contributed by atoms with E-state index in [4.69, 9.17) is 9.57 Å². The molecule has 0 bridgehead atoms. The van der Waals surface area contributed by atoms with Crippen molar-refractivity contribution in [2.24, 2.45) is 5.92 Å². The number of allylic oxidation sites excluding steroid dienone is 1. The van der Waals surface area contributed by atoms with Gasteiger partial charge in [-0.25, -0.2) is 5.06 Å². The summed E-state index contributed by atoms with van der Waals surface area (Å²) < 4.78 is 5.82. The number of unbranched alkanes of at least 4 members (excludes halogenated alkanes) is 8. The van der Waals surface area contributed by atoms with Gasteiger partial charge in [0.2, 0.25) is 0 Å². The Morgan fingerprint density at radius 3 is 2.49 bits per heavy atom. The molecule has 35 heavy (non-hydrogen) atoms. The maximum Gasteiger partial charge on any atom is 0.273 e. The quantitative estimate of drug-likeness (QED) is 0.162. The topological polar surface area (TPSA) is 59.0 Å². The fraction of sp³-hybridized carbons (Fsp3) is 0.700.